The van der Waals surface area contributed by atoms with Crippen LogP contribution in [0.2, 0.25) is 0 Å². The summed E-state index contributed by atoms with van der Waals surface area (Å²) in [5.74, 6) is -1.71. The molecule has 0 saturated heterocycles. The zero-order valence-corrected chi connectivity index (χ0v) is 15.2. The highest BCUT2D eigenvalue weighted by molar-refractivity contribution is 6.08. The molecule has 1 atom stereocenters. The van der Waals surface area contributed by atoms with E-state index in [9.17, 15) is 19.1 Å². The number of nitrogens with zero attached hydrogens (tertiary/aromatic N) is 2. The summed E-state index contributed by atoms with van der Waals surface area (Å²) in [7, 11) is 0. The van der Waals surface area contributed by atoms with Gasteiger partial charge in [0.25, 0.3) is 5.91 Å². The maximum atomic E-state index is 13.2. The van der Waals surface area contributed by atoms with Gasteiger partial charge in [-0.05, 0) is 35.7 Å². The summed E-state index contributed by atoms with van der Waals surface area (Å²) in [6.07, 6.45) is 1.80. The minimum Gasteiger partial charge on any atom is -0.503 e. The van der Waals surface area contributed by atoms with Crippen LogP contribution in [-0.2, 0) is 16.1 Å². The third-order valence-electron chi connectivity index (χ3n) is 4.43. The Morgan fingerprint density at radius 2 is 1.93 bits per heavy atom. The predicted octanol–water partition coefficient (Wildman–Crippen LogP) is 3.73. The minimum absolute atomic E-state index is 0.0783. The van der Waals surface area contributed by atoms with Crippen molar-refractivity contribution in [2.75, 3.05) is 0 Å². The molecule has 1 aromatic carbocycles. The van der Waals surface area contributed by atoms with Crippen LogP contribution in [0.4, 0.5) is 4.39 Å². The smallest absolute Gasteiger partial charge is 0.290 e. The highest BCUT2D eigenvalue weighted by Crippen LogP contribution is 2.38. The second-order valence-electron chi connectivity index (χ2n) is 7.00. The average molecular weight is 368 g/mol. The van der Waals surface area contributed by atoms with Crippen molar-refractivity contribution in [3.05, 3.63) is 77.1 Å². The first-order valence-electron chi connectivity index (χ1n) is 8.81. The van der Waals surface area contributed by atoms with Crippen LogP contribution < -0.4 is 0 Å². The molecule has 0 saturated carbocycles. The fraction of sp³-hybridized carbons (Fsp3) is 0.286. The molecular formula is C21H21FN2O3. The van der Waals surface area contributed by atoms with Gasteiger partial charge in [-0.15, -0.1) is 0 Å². The van der Waals surface area contributed by atoms with Crippen molar-refractivity contribution >= 4 is 11.7 Å². The van der Waals surface area contributed by atoms with Gasteiger partial charge in [0.15, 0.2) is 11.5 Å². The molecule has 1 aliphatic heterocycles. The van der Waals surface area contributed by atoms with Gasteiger partial charge >= 0.3 is 0 Å². The van der Waals surface area contributed by atoms with E-state index in [1.807, 2.05) is 13.8 Å². The largest absolute Gasteiger partial charge is 0.503 e. The average Bonchev–Trinajstić information content (AvgIpc) is 2.88. The van der Waals surface area contributed by atoms with Crippen LogP contribution in [0.25, 0.3) is 0 Å². The third kappa shape index (κ3) is 3.89. The molecule has 1 unspecified atom stereocenters. The third-order valence-corrected chi connectivity index (χ3v) is 4.43. The van der Waals surface area contributed by atoms with Gasteiger partial charge in [0.05, 0.1) is 11.3 Å². The number of hydrogen-bond acceptors (Lipinski definition) is 4. The molecule has 0 fully saturated rings. The molecule has 3 rings (SSSR count). The number of hydrogen-bond donors (Lipinski definition) is 1. The zero-order chi connectivity index (χ0) is 19.6. The highest BCUT2D eigenvalue weighted by atomic mass is 19.1. The van der Waals surface area contributed by atoms with Crippen molar-refractivity contribution in [3.63, 3.8) is 0 Å². The van der Waals surface area contributed by atoms with Gasteiger partial charge in [-0.25, -0.2) is 4.39 Å². The molecule has 2 heterocycles. The number of amides is 1. The van der Waals surface area contributed by atoms with E-state index >= 15 is 0 Å². The number of ketones is 1. The fourth-order valence-corrected chi connectivity index (χ4v) is 3.21. The van der Waals surface area contributed by atoms with Crippen molar-refractivity contribution < 1.29 is 19.1 Å². The standard InChI is InChI=1S/C21H21FN2O3/c1-13(2)11-17(25)18-19(16-5-3-4-10-23-16)24(21(27)20(18)26)12-14-6-8-15(22)9-7-14/h3-10,13,19,26H,11-12H2,1-2H3. The molecule has 0 aliphatic carbocycles. The normalized spacial score (nSPS) is 17.1. The lowest BCUT2D eigenvalue weighted by atomic mass is 9.94. The Morgan fingerprint density at radius 3 is 2.52 bits per heavy atom. The molecule has 27 heavy (non-hydrogen) atoms. The van der Waals surface area contributed by atoms with Crippen LogP contribution in [0.5, 0.6) is 0 Å². The van der Waals surface area contributed by atoms with E-state index in [1.165, 1.54) is 17.0 Å². The number of aliphatic hydroxyl groups is 1. The van der Waals surface area contributed by atoms with Crippen LogP contribution in [0, 0.1) is 11.7 Å². The summed E-state index contributed by atoms with van der Waals surface area (Å²) < 4.78 is 13.2. The van der Waals surface area contributed by atoms with Crippen molar-refractivity contribution in [1.29, 1.82) is 0 Å². The van der Waals surface area contributed by atoms with E-state index in [4.69, 9.17) is 0 Å². The van der Waals surface area contributed by atoms with Gasteiger partial charge in [0.2, 0.25) is 0 Å². The number of Topliss-reactive ketones (excluding diaryl/α,β-unsaturated/α-hetero) is 1. The Hall–Kier alpha value is -3.02. The van der Waals surface area contributed by atoms with Gasteiger partial charge in [-0.1, -0.05) is 32.0 Å². The second kappa shape index (κ2) is 7.70. The number of aliphatic hydroxyl groups excluding tert-OH is 1. The van der Waals surface area contributed by atoms with Crippen LogP contribution in [0.3, 0.4) is 0 Å². The molecule has 1 aliphatic rings. The van der Waals surface area contributed by atoms with Gasteiger partial charge in [0, 0.05) is 19.2 Å². The van der Waals surface area contributed by atoms with Crippen LogP contribution in [-0.4, -0.2) is 26.7 Å². The Morgan fingerprint density at radius 1 is 1.22 bits per heavy atom. The van der Waals surface area contributed by atoms with E-state index in [0.717, 1.165) is 0 Å². The fourth-order valence-electron chi connectivity index (χ4n) is 3.21. The van der Waals surface area contributed by atoms with Crippen molar-refractivity contribution in [1.82, 2.24) is 9.88 Å². The van der Waals surface area contributed by atoms with Gasteiger partial charge in [0.1, 0.15) is 11.9 Å². The van der Waals surface area contributed by atoms with Gasteiger partial charge < -0.3 is 10.0 Å². The highest BCUT2D eigenvalue weighted by Gasteiger charge is 2.43. The van der Waals surface area contributed by atoms with Crippen LogP contribution >= 0.6 is 0 Å². The number of halogens is 1. The maximum absolute atomic E-state index is 13.2. The minimum atomic E-state index is -0.769. The topological polar surface area (TPSA) is 70.5 Å². The number of aromatic nitrogens is 1. The molecular weight excluding hydrogens is 347 g/mol. The second-order valence-corrected chi connectivity index (χ2v) is 7.00. The van der Waals surface area contributed by atoms with Crippen molar-refractivity contribution in [2.45, 2.75) is 32.9 Å². The van der Waals surface area contributed by atoms with E-state index in [-0.39, 0.29) is 36.1 Å². The molecule has 1 aromatic heterocycles. The molecule has 0 spiro atoms. The van der Waals surface area contributed by atoms with Crippen molar-refractivity contribution in [3.8, 4) is 0 Å². The van der Waals surface area contributed by atoms with E-state index in [2.05, 4.69) is 4.98 Å². The first-order chi connectivity index (χ1) is 12.9. The van der Waals surface area contributed by atoms with E-state index in [1.54, 1.807) is 36.5 Å². The van der Waals surface area contributed by atoms with Crippen LogP contribution in [0.15, 0.2) is 60.0 Å². The monoisotopic (exact) mass is 368 g/mol. The maximum Gasteiger partial charge on any atom is 0.290 e. The Bertz CT molecular complexity index is 876. The Balaban J connectivity index is 2.01. The zero-order valence-electron chi connectivity index (χ0n) is 15.2. The number of carbonyl (C=O) groups excluding carboxylic acids is 2. The molecule has 2 aromatic rings. The lowest BCUT2D eigenvalue weighted by Gasteiger charge is -2.26. The molecule has 1 N–H and O–H groups in total. The van der Waals surface area contributed by atoms with Gasteiger partial charge in [-0.3, -0.25) is 14.6 Å². The van der Waals surface area contributed by atoms with Crippen molar-refractivity contribution in [2.24, 2.45) is 5.92 Å². The molecule has 5 nitrogen and oxygen atoms in total. The predicted molar refractivity (Wildman–Crippen MR) is 98.0 cm³/mol. The molecule has 140 valence electrons. The first kappa shape index (κ1) is 18.8. The van der Waals surface area contributed by atoms with Crippen LogP contribution in [0.1, 0.15) is 37.6 Å². The lowest BCUT2D eigenvalue weighted by Crippen LogP contribution is -2.31. The lowest BCUT2D eigenvalue weighted by molar-refractivity contribution is -0.130. The summed E-state index contributed by atoms with van der Waals surface area (Å²) in [5.41, 5.74) is 1.27. The number of rotatable bonds is 6. The first-order valence-corrected chi connectivity index (χ1v) is 8.81. The van der Waals surface area contributed by atoms with E-state index in [0.29, 0.717) is 11.3 Å². The molecule has 6 heteroatoms. The van der Waals surface area contributed by atoms with Gasteiger partial charge in [-0.2, -0.15) is 0 Å². The molecule has 0 radical (unpaired) electrons. The number of pyridine rings is 1. The summed E-state index contributed by atoms with van der Waals surface area (Å²) in [4.78, 5) is 31.2. The number of carbonyl (C=O) groups is 2. The Labute approximate surface area is 157 Å². The summed E-state index contributed by atoms with van der Waals surface area (Å²) in [6, 6.07) is 10.2. The van der Waals surface area contributed by atoms with E-state index < -0.39 is 17.7 Å². The summed E-state index contributed by atoms with van der Waals surface area (Å²) in [6.45, 7) is 3.93. The SMILES string of the molecule is CC(C)CC(=O)C1=C(O)C(=O)N(Cc2ccc(F)cc2)C1c1ccccn1. The Kier molecular flexibility index (Phi) is 5.35. The molecule has 0 bridgehead atoms. The molecule has 1 amide bonds. The number of benzene rings is 1. The summed E-state index contributed by atoms with van der Waals surface area (Å²) in [5, 5.41) is 10.4. The summed E-state index contributed by atoms with van der Waals surface area (Å²) >= 11 is 0. The quantitative estimate of drug-likeness (QED) is 0.843.